The SMILES string of the molecule is CC(NC(=O)N1CCCC(n2c(=O)[nH]c3cccnc32)C1)c1ccon1. The molecule has 2 N–H and O–H groups in total. The van der Waals surface area contributed by atoms with Crippen molar-refractivity contribution in [1.82, 2.24) is 29.9 Å². The molecular formula is C17H20N6O3. The summed E-state index contributed by atoms with van der Waals surface area (Å²) in [6.45, 7) is 2.96. The van der Waals surface area contributed by atoms with E-state index >= 15 is 0 Å². The number of pyridine rings is 1. The number of rotatable bonds is 3. The van der Waals surface area contributed by atoms with Gasteiger partial charge in [-0.05, 0) is 31.9 Å². The van der Waals surface area contributed by atoms with Crippen LogP contribution in [0.15, 0.2) is 40.0 Å². The number of nitrogens with one attached hydrogen (secondary N) is 2. The van der Waals surface area contributed by atoms with Crippen LogP contribution >= 0.6 is 0 Å². The minimum atomic E-state index is -0.251. The number of urea groups is 1. The summed E-state index contributed by atoms with van der Waals surface area (Å²) in [5, 5.41) is 6.77. The molecule has 0 saturated carbocycles. The molecule has 2 amide bonds. The highest BCUT2D eigenvalue weighted by molar-refractivity contribution is 5.75. The first kappa shape index (κ1) is 16.4. The van der Waals surface area contributed by atoms with Gasteiger partial charge in [0.25, 0.3) is 0 Å². The van der Waals surface area contributed by atoms with Crippen LogP contribution in [0.2, 0.25) is 0 Å². The van der Waals surface area contributed by atoms with E-state index in [-0.39, 0.29) is 23.8 Å². The van der Waals surface area contributed by atoms with Gasteiger partial charge in [-0.1, -0.05) is 5.16 Å². The van der Waals surface area contributed by atoms with Crippen LogP contribution in [0.3, 0.4) is 0 Å². The highest BCUT2D eigenvalue weighted by Gasteiger charge is 2.28. The molecule has 1 saturated heterocycles. The van der Waals surface area contributed by atoms with Gasteiger partial charge in [0.05, 0.1) is 17.6 Å². The fourth-order valence-corrected chi connectivity index (χ4v) is 3.44. The molecule has 0 radical (unpaired) electrons. The molecular weight excluding hydrogens is 336 g/mol. The van der Waals surface area contributed by atoms with E-state index in [9.17, 15) is 9.59 Å². The minimum Gasteiger partial charge on any atom is -0.364 e. The molecule has 1 aliphatic rings. The van der Waals surface area contributed by atoms with Crippen molar-refractivity contribution in [1.29, 1.82) is 0 Å². The van der Waals surface area contributed by atoms with Crippen molar-refractivity contribution in [2.45, 2.75) is 31.8 Å². The molecule has 1 aliphatic heterocycles. The number of nitrogens with zero attached hydrogens (tertiary/aromatic N) is 4. The lowest BCUT2D eigenvalue weighted by molar-refractivity contribution is 0.164. The maximum absolute atomic E-state index is 12.6. The molecule has 4 heterocycles. The number of amides is 2. The van der Waals surface area contributed by atoms with Crippen LogP contribution in [-0.2, 0) is 0 Å². The van der Waals surface area contributed by atoms with Crippen molar-refractivity contribution < 1.29 is 9.32 Å². The molecule has 2 atom stereocenters. The number of carbonyl (C=O) groups excluding carboxylic acids is 1. The van der Waals surface area contributed by atoms with E-state index in [2.05, 4.69) is 20.4 Å². The van der Waals surface area contributed by atoms with Gasteiger partial charge in [0.1, 0.15) is 12.0 Å². The fraction of sp³-hybridized carbons (Fsp3) is 0.412. The number of hydrogen-bond donors (Lipinski definition) is 2. The largest absolute Gasteiger partial charge is 0.364 e. The van der Waals surface area contributed by atoms with Gasteiger partial charge in [-0.3, -0.25) is 4.57 Å². The summed E-state index contributed by atoms with van der Waals surface area (Å²) >= 11 is 0. The van der Waals surface area contributed by atoms with E-state index in [4.69, 9.17) is 4.52 Å². The van der Waals surface area contributed by atoms with Gasteiger partial charge >= 0.3 is 11.7 Å². The van der Waals surface area contributed by atoms with Gasteiger partial charge in [-0.2, -0.15) is 0 Å². The summed E-state index contributed by atoms with van der Waals surface area (Å²) in [4.78, 5) is 33.9. The maximum atomic E-state index is 12.6. The summed E-state index contributed by atoms with van der Waals surface area (Å²) in [6, 6.07) is 4.81. The molecule has 9 nitrogen and oxygen atoms in total. The van der Waals surface area contributed by atoms with Gasteiger partial charge in [0.15, 0.2) is 5.65 Å². The van der Waals surface area contributed by atoms with Crippen molar-refractivity contribution >= 4 is 17.2 Å². The predicted molar refractivity (Wildman–Crippen MR) is 93.6 cm³/mol. The third-order valence-corrected chi connectivity index (χ3v) is 4.77. The van der Waals surface area contributed by atoms with Gasteiger partial charge in [0.2, 0.25) is 0 Å². The number of piperidine rings is 1. The molecule has 26 heavy (non-hydrogen) atoms. The van der Waals surface area contributed by atoms with Crippen LogP contribution in [0.25, 0.3) is 11.2 Å². The summed E-state index contributed by atoms with van der Waals surface area (Å²) in [6.07, 6.45) is 4.79. The molecule has 0 aromatic carbocycles. The number of imidazole rings is 1. The second-order valence-corrected chi connectivity index (χ2v) is 6.51. The van der Waals surface area contributed by atoms with Gasteiger partial charge < -0.3 is 19.7 Å². The third kappa shape index (κ3) is 2.96. The Labute approximate surface area is 149 Å². The summed E-state index contributed by atoms with van der Waals surface area (Å²) in [5.74, 6) is 0. The second-order valence-electron chi connectivity index (χ2n) is 6.51. The van der Waals surface area contributed by atoms with Crippen molar-refractivity contribution in [3.05, 3.63) is 46.8 Å². The van der Waals surface area contributed by atoms with Crippen LogP contribution in [-0.4, -0.2) is 43.7 Å². The van der Waals surface area contributed by atoms with E-state index in [0.29, 0.717) is 29.9 Å². The topological polar surface area (TPSA) is 109 Å². The first-order valence-electron chi connectivity index (χ1n) is 8.64. The third-order valence-electron chi connectivity index (χ3n) is 4.77. The zero-order chi connectivity index (χ0) is 18.1. The van der Waals surface area contributed by atoms with E-state index in [0.717, 1.165) is 12.8 Å². The van der Waals surface area contributed by atoms with E-state index in [1.54, 1.807) is 27.8 Å². The lowest BCUT2D eigenvalue weighted by Crippen LogP contribution is -2.47. The molecule has 1 fully saturated rings. The Morgan fingerprint density at radius 3 is 3.15 bits per heavy atom. The van der Waals surface area contributed by atoms with Gasteiger partial charge in [-0.15, -0.1) is 0 Å². The molecule has 9 heteroatoms. The van der Waals surface area contributed by atoms with Gasteiger partial charge in [-0.25, -0.2) is 14.6 Å². The Bertz CT molecular complexity index is 960. The highest BCUT2D eigenvalue weighted by Crippen LogP contribution is 2.23. The van der Waals surface area contributed by atoms with Gasteiger partial charge in [0, 0.05) is 25.4 Å². The lowest BCUT2D eigenvalue weighted by atomic mass is 10.1. The number of aromatic amines is 1. The molecule has 0 aliphatic carbocycles. The van der Waals surface area contributed by atoms with E-state index in [1.807, 2.05) is 13.0 Å². The number of carbonyl (C=O) groups is 1. The van der Waals surface area contributed by atoms with Crippen LogP contribution in [0.4, 0.5) is 4.79 Å². The Morgan fingerprint density at radius 2 is 2.35 bits per heavy atom. The second kappa shape index (κ2) is 6.66. The van der Waals surface area contributed by atoms with Crippen molar-refractivity contribution in [3.8, 4) is 0 Å². The minimum absolute atomic E-state index is 0.104. The number of aromatic nitrogens is 4. The molecule has 3 aromatic rings. The standard InChI is InChI=1S/C17H20N6O3/c1-11(13-6-9-26-21-13)19-16(24)22-8-3-4-12(10-22)23-15-14(20-17(23)25)5-2-7-18-15/h2,5-7,9,11-12H,3-4,8,10H2,1H3,(H,19,24)(H,20,25). The molecule has 0 bridgehead atoms. The van der Waals surface area contributed by atoms with Crippen LogP contribution in [0.5, 0.6) is 0 Å². The predicted octanol–water partition coefficient (Wildman–Crippen LogP) is 1.82. The fourth-order valence-electron chi connectivity index (χ4n) is 3.44. The summed E-state index contributed by atoms with van der Waals surface area (Å²) < 4.78 is 6.48. The van der Waals surface area contributed by atoms with Crippen molar-refractivity contribution in [2.24, 2.45) is 0 Å². The normalized spacial score (nSPS) is 18.8. The quantitative estimate of drug-likeness (QED) is 0.744. The average molecular weight is 356 g/mol. The molecule has 136 valence electrons. The highest BCUT2D eigenvalue weighted by atomic mass is 16.5. The first-order valence-corrected chi connectivity index (χ1v) is 8.64. The molecule has 4 rings (SSSR count). The number of fused-ring (bicyclic) bond motifs is 1. The molecule has 2 unspecified atom stereocenters. The number of H-pyrrole nitrogens is 1. The molecule has 3 aromatic heterocycles. The summed E-state index contributed by atoms with van der Waals surface area (Å²) in [5.41, 5.74) is 1.81. The van der Waals surface area contributed by atoms with Crippen LogP contribution in [0.1, 0.15) is 37.5 Å². The number of hydrogen-bond acceptors (Lipinski definition) is 5. The average Bonchev–Trinajstić information content (AvgIpc) is 3.29. The van der Waals surface area contributed by atoms with E-state index < -0.39 is 0 Å². The monoisotopic (exact) mass is 356 g/mol. The molecule has 0 spiro atoms. The Kier molecular flexibility index (Phi) is 4.19. The zero-order valence-corrected chi connectivity index (χ0v) is 14.4. The Balaban J connectivity index is 1.51. The van der Waals surface area contributed by atoms with Crippen molar-refractivity contribution in [3.63, 3.8) is 0 Å². The Morgan fingerprint density at radius 1 is 1.46 bits per heavy atom. The van der Waals surface area contributed by atoms with Crippen LogP contribution < -0.4 is 11.0 Å². The zero-order valence-electron chi connectivity index (χ0n) is 14.4. The Hall–Kier alpha value is -3.10. The maximum Gasteiger partial charge on any atom is 0.327 e. The summed E-state index contributed by atoms with van der Waals surface area (Å²) in [7, 11) is 0. The lowest BCUT2D eigenvalue weighted by Gasteiger charge is -2.33. The van der Waals surface area contributed by atoms with Crippen molar-refractivity contribution in [2.75, 3.05) is 13.1 Å². The van der Waals surface area contributed by atoms with E-state index in [1.165, 1.54) is 6.26 Å². The first-order chi connectivity index (χ1) is 12.6. The smallest absolute Gasteiger partial charge is 0.327 e. The van der Waals surface area contributed by atoms with Crippen LogP contribution in [0, 0.1) is 0 Å². The number of likely N-dealkylation sites (tertiary alicyclic amines) is 1.